The summed E-state index contributed by atoms with van der Waals surface area (Å²) >= 11 is 0. The molecule has 0 radical (unpaired) electrons. The monoisotopic (exact) mass is 289 g/mol. The minimum atomic E-state index is 0.747. The summed E-state index contributed by atoms with van der Waals surface area (Å²) in [5, 5.41) is 0. The summed E-state index contributed by atoms with van der Waals surface area (Å²) in [7, 11) is 1.71. The highest BCUT2D eigenvalue weighted by Gasteiger charge is 2.28. The number of methoxy groups -OCH3 is 1. The molecular weight excluding hydrogens is 262 g/mol. The van der Waals surface area contributed by atoms with Gasteiger partial charge in [0.2, 0.25) is 0 Å². The summed E-state index contributed by atoms with van der Waals surface area (Å²) in [6, 6.07) is 6.70. The molecule has 2 aliphatic heterocycles. The van der Waals surface area contributed by atoms with E-state index in [-0.39, 0.29) is 0 Å². The van der Waals surface area contributed by atoms with Gasteiger partial charge in [0.25, 0.3) is 0 Å². The average Bonchev–Trinajstić information content (AvgIpc) is 2.99. The molecular formula is C17H27N3O. The Morgan fingerprint density at radius 1 is 1.19 bits per heavy atom. The normalized spacial score (nSPS) is 24.3. The third-order valence-electron chi connectivity index (χ3n) is 4.90. The maximum Gasteiger partial charge on any atom is 0.119 e. The van der Waals surface area contributed by atoms with E-state index in [9.17, 15) is 0 Å². The van der Waals surface area contributed by atoms with Crippen molar-refractivity contribution in [3.63, 3.8) is 0 Å². The summed E-state index contributed by atoms with van der Waals surface area (Å²) in [5.74, 6) is 0.894. The van der Waals surface area contributed by atoms with Crippen molar-refractivity contribution in [3.05, 3.63) is 23.8 Å². The Balaban J connectivity index is 1.59. The van der Waals surface area contributed by atoms with Crippen LogP contribution in [-0.4, -0.2) is 49.1 Å². The Labute approximate surface area is 127 Å². The maximum absolute atomic E-state index is 6.11. The summed E-state index contributed by atoms with van der Waals surface area (Å²) in [4.78, 5) is 5.23. The van der Waals surface area contributed by atoms with Crippen LogP contribution in [0.15, 0.2) is 18.2 Å². The number of piperidine rings is 1. The number of nitrogens with zero attached hydrogens (tertiary/aromatic N) is 2. The van der Waals surface area contributed by atoms with Crippen LogP contribution in [0, 0.1) is 0 Å². The predicted octanol–water partition coefficient (Wildman–Crippen LogP) is 2.34. The smallest absolute Gasteiger partial charge is 0.119 e. The second-order valence-electron chi connectivity index (χ2n) is 6.34. The minimum Gasteiger partial charge on any atom is -0.497 e. The van der Waals surface area contributed by atoms with E-state index in [1.807, 2.05) is 12.1 Å². The van der Waals surface area contributed by atoms with Crippen LogP contribution < -0.4 is 10.5 Å². The zero-order chi connectivity index (χ0) is 14.7. The van der Waals surface area contributed by atoms with Crippen molar-refractivity contribution in [3.8, 4) is 5.75 Å². The Morgan fingerprint density at radius 3 is 2.76 bits per heavy atom. The van der Waals surface area contributed by atoms with Gasteiger partial charge in [0.1, 0.15) is 5.75 Å². The van der Waals surface area contributed by atoms with E-state index in [0.29, 0.717) is 0 Å². The van der Waals surface area contributed by atoms with Crippen molar-refractivity contribution in [2.75, 3.05) is 39.0 Å². The third-order valence-corrected chi connectivity index (χ3v) is 4.90. The number of nitrogen functional groups attached to an aromatic ring is 1. The molecule has 2 saturated heterocycles. The standard InChI is InChI=1S/C17H27N3O/c1-21-16-5-6-17(18)14(11-16)12-19-10-7-15(13-19)20-8-3-2-4-9-20/h5-6,11,15H,2-4,7-10,12-13,18H2,1H3. The highest BCUT2D eigenvalue weighted by atomic mass is 16.5. The van der Waals surface area contributed by atoms with E-state index in [1.165, 1.54) is 57.4 Å². The van der Waals surface area contributed by atoms with Crippen molar-refractivity contribution >= 4 is 5.69 Å². The first-order valence-electron chi connectivity index (χ1n) is 8.15. The van der Waals surface area contributed by atoms with Gasteiger partial charge in [0.15, 0.2) is 0 Å². The topological polar surface area (TPSA) is 41.7 Å². The van der Waals surface area contributed by atoms with Crippen LogP contribution in [0.4, 0.5) is 5.69 Å². The molecule has 0 amide bonds. The lowest BCUT2D eigenvalue weighted by Gasteiger charge is -2.32. The van der Waals surface area contributed by atoms with Crippen LogP contribution in [0.3, 0.4) is 0 Å². The van der Waals surface area contributed by atoms with E-state index < -0.39 is 0 Å². The fraction of sp³-hybridized carbons (Fsp3) is 0.647. The number of hydrogen-bond donors (Lipinski definition) is 1. The molecule has 2 fully saturated rings. The van der Waals surface area contributed by atoms with Crippen molar-refractivity contribution in [1.29, 1.82) is 0 Å². The van der Waals surface area contributed by atoms with Crippen molar-refractivity contribution < 1.29 is 4.74 Å². The number of nitrogens with two attached hydrogens (primary N) is 1. The number of anilines is 1. The maximum atomic E-state index is 6.11. The molecule has 0 bridgehead atoms. The minimum absolute atomic E-state index is 0.747. The molecule has 1 aromatic rings. The summed E-state index contributed by atoms with van der Waals surface area (Å²) in [6.45, 7) is 5.88. The van der Waals surface area contributed by atoms with E-state index in [1.54, 1.807) is 7.11 Å². The largest absolute Gasteiger partial charge is 0.497 e. The lowest BCUT2D eigenvalue weighted by atomic mass is 10.1. The lowest BCUT2D eigenvalue weighted by Crippen LogP contribution is -2.40. The molecule has 2 aliphatic rings. The summed E-state index contributed by atoms with van der Waals surface area (Å²) in [6.07, 6.45) is 5.45. The van der Waals surface area contributed by atoms with E-state index in [4.69, 9.17) is 10.5 Å². The first kappa shape index (κ1) is 14.7. The second kappa shape index (κ2) is 6.67. The molecule has 116 valence electrons. The SMILES string of the molecule is COc1ccc(N)c(CN2CCC(N3CCCCC3)C2)c1. The number of hydrogen-bond acceptors (Lipinski definition) is 4. The molecule has 0 saturated carbocycles. The summed E-state index contributed by atoms with van der Waals surface area (Å²) < 4.78 is 5.31. The molecule has 1 unspecified atom stereocenters. The Kier molecular flexibility index (Phi) is 4.66. The molecule has 1 aromatic carbocycles. The van der Waals surface area contributed by atoms with E-state index >= 15 is 0 Å². The van der Waals surface area contributed by atoms with E-state index in [0.717, 1.165) is 24.0 Å². The molecule has 2 N–H and O–H groups in total. The average molecular weight is 289 g/mol. The van der Waals surface area contributed by atoms with Gasteiger partial charge < -0.3 is 10.5 Å². The molecule has 21 heavy (non-hydrogen) atoms. The Morgan fingerprint density at radius 2 is 2.00 bits per heavy atom. The first-order valence-corrected chi connectivity index (χ1v) is 8.15. The second-order valence-corrected chi connectivity index (χ2v) is 6.34. The van der Waals surface area contributed by atoms with Crippen LogP contribution in [0.1, 0.15) is 31.2 Å². The van der Waals surface area contributed by atoms with Crippen LogP contribution in [0.2, 0.25) is 0 Å². The van der Waals surface area contributed by atoms with Gasteiger partial charge in [-0.2, -0.15) is 0 Å². The van der Waals surface area contributed by atoms with Gasteiger partial charge in [-0.05, 0) is 56.1 Å². The van der Waals surface area contributed by atoms with Gasteiger partial charge in [-0.1, -0.05) is 6.42 Å². The van der Waals surface area contributed by atoms with Gasteiger partial charge in [0.05, 0.1) is 7.11 Å². The molecule has 4 nitrogen and oxygen atoms in total. The number of likely N-dealkylation sites (tertiary alicyclic amines) is 2. The molecule has 1 atom stereocenters. The van der Waals surface area contributed by atoms with Gasteiger partial charge in [-0.3, -0.25) is 9.80 Å². The highest BCUT2D eigenvalue weighted by Crippen LogP contribution is 2.25. The van der Waals surface area contributed by atoms with Gasteiger partial charge in [0, 0.05) is 31.4 Å². The van der Waals surface area contributed by atoms with Crippen LogP contribution >= 0.6 is 0 Å². The lowest BCUT2D eigenvalue weighted by molar-refractivity contribution is 0.161. The number of ether oxygens (including phenoxy) is 1. The molecule has 0 aromatic heterocycles. The van der Waals surface area contributed by atoms with Gasteiger partial charge in [-0.15, -0.1) is 0 Å². The van der Waals surface area contributed by atoms with Crippen LogP contribution in [0.25, 0.3) is 0 Å². The fourth-order valence-electron chi connectivity index (χ4n) is 3.62. The van der Waals surface area contributed by atoms with Gasteiger partial charge >= 0.3 is 0 Å². The Hall–Kier alpha value is -1.26. The zero-order valence-electron chi connectivity index (χ0n) is 13.1. The summed E-state index contributed by atoms with van der Waals surface area (Å²) in [5.41, 5.74) is 8.17. The Bertz CT molecular complexity index is 471. The number of benzene rings is 1. The van der Waals surface area contributed by atoms with E-state index in [2.05, 4.69) is 15.9 Å². The molecule has 0 spiro atoms. The molecule has 2 heterocycles. The van der Waals surface area contributed by atoms with Crippen molar-refractivity contribution in [2.45, 2.75) is 38.3 Å². The predicted molar refractivity (Wildman–Crippen MR) is 86.5 cm³/mol. The highest BCUT2D eigenvalue weighted by molar-refractivity contribution is 5.50. The quantitative estimate of drug-likeness (QED) is 0.864. The fourth-order valence-corrected chi connectivity index (χ4v) is 3.62. The zero-order valence-corrected chi connectivity index (χ0v) is 13.1. The number of rotatable bonds is 4. The van der Waals surface area contributed by atoms with Crippen LogP contribution in [0.5, 0.6) is 5.75 Å². The van der Waals surface area contributed by atoms with Crippen LogP contribution in [-0.2, 0) is 6.54 Å². The first-order chi connectivity index (χ1) is 10.3. The molecule has 4 heteroatoms. The molecule has 3 rings (SSSR count). The van der Waals surface area contributed by atoms with Crippen molar-refractivity contribution in [1.82, 2.24) is 9.80 Å². The van der Waals surface area contributed by atoms with Gasteiger partial charge in [-0.25, -0.2) is 0 Å². The van der Waals surface area contributed by atoms with Crippen molar-refractivity contribution in [2.24, 2.45) is 0 Å². The molecule has 0 aliphatic carbocycles. The third kappa shape index (κ3) is 3.50.